The number of fused-ring (bicyclic) bond motifs is 5. The second-order valence-corrected chi connectivity index (χ2v) is 11.3. The van der Waals surface area contributed by atoms with Crippen LogP contribution in [0, 0.1) is 36.0 Å². The highest BCUT2D eigenvalue weighted by atomic mass is 16.5. The molecule has 1 aliphatic heterocycles. The molecular formula is C28H38N2O3. The first kappa shape index (κ1) is 23.0. The van der Waals surface area contributed by atoms with Gasteiger partial charge in [-0.1, -0.05) is 26.0 Å². The normalized spacial score (nSPS) is 39.1. The van der Waals surface area contributed by atoms with Crippen molar-refractivity contribution >= 4 is 5.97 Å². The Morgan fingerprint density at radius 1 is 1.39 bits per heavy atom. The minimum Gasteiger partial charge on any atom is -0.457 e. The third kappa shape index (κ3) is 4.27. The summed E-state index contributed by atoms with van der Waals surface area (Å²) in [5.41, 5.74) is 2.71. The molecule has 2 radical (unpaired) electrons. The molecule has 178 valence electrons. The molecule has 1 saturated heterocycles. The summed E-state index contributed by atoms with van der Waals surface area (Å²) in [7, 11) is 0. The average Bonchev–Trinajstić information content (AvgIpc) is 2.75. The molecule has 0 spiro atoms. The van der Waals surface area contributed by atoms with Crippen LogP contribution >= 0.6 is 0 Å². The van der Waals surface area contributed by atoms with E-state index in [1.807, 2.05) is 13.1 Å². The van der Waals surface area contributed by atoms with E-state index in [2.05, 4.69) is 43.4 Å². The molecule has 4 aliphatic rings. The number of likely N-dealkylation sites (tertiary alicyclic amines) is 1. The SMILES string of the molecule is CC(=O)O[C@@H]1[C][C@@]2(O)[C@H](C)CC[C@@H]([C@H](C)CN3CC4Cc5cccnc5C(C4)C3)[C@H]2C=C1C. The van der Waals surface area contributed by atoms with E-state index in [0.717, 1.165) is 50.4 Å². The van der Waals surface area contributed by atoms with Gasteiger partial charge in [0.25, 0.3) is 0 Å². The first-order valence-electron chi connectivity index (χ1n) is 12.8. The number of carbonyl (C=O) groups excluding carboxylic acids is 1. The van der Waals surface area contributed by atoms with Crippen LogP contribution in [0.1, 0.15) is 64.1 Å². The Bertz CT molecular complexity index is 929. The van der Waals surface area contributed by atoms with Gasteiger partial charge in [-0.15, -0.1) is 0 Å². The van der Waals surface area contributed by atoms with Gasteiger partial charge in [-0.3, -0.25) is 9.78 Å². The number of hydrogen-bond acceptors (Lipinski definition) is 5. The van der Waals surface area contributed by atoms with E-state index in [0.29, 0.717) is 17.8 Å². The molecule has 2 heterocycles. The van der Waals surface area contributed by atoms with Gasteiger partial charge in [0, 0.05) is 50.3 Å². The number of hydrogen-bond donors (Lipinski definition) is 1. The number of esters is 1. The number of aromatic nitrogens is 1. The highest BCUT2D eigenvalue weighted by Crippen LogP contribution is 2.51. The van der Waals surface area contributed by atoms with Gasteiger partial charge in [0.15, 0.2) is 0 Å². The van der Waals surface area contributed by atoms with E-state index in [9.17, 15) is 9.90 Å². The lowest BCUT2D eigenvalue weighted by atomic mass is 9.57. The molecule has 2 bridgehead atoms. The molecule has 5 rings (SSSR count). The molecule has 5 nitrogen and oxygen atoms in total. The van der Waals surface area contributed by atoms with E-state index in [1.165, 1.54) is 24.6 Å². The van der Waals surface area contributed by atoms with Gasteiger partial charge < -0.3 is 14.7 Å². The molecule has 0 aromatic carbocycles. The number of nitrogens with zero attached hydrogens (tertiary/aromatic N) is 2. The summed E-state index contributed by atoms with van der Waals surface area (Å²) in [4.78, 5) is 19.0. The number of piperidine rings is 1. The Kier molecular flexibility index (Phi) is 6.15. The zero-order chi connectivity index (χ0) is 23.3. The molecule has 1 aromatic rings. The monoisotopic (exact) mass is 450 g/mol. The number of rotatable bonds is 4. The molecule has 5 heteroatoms. The zero-order valence-corrected chi connectivity index (χ0v) is 20.5. The summed E-state index contributed by atoms with van der Waals surface area (Å²) in [5.74, 6) is 1.92. The maximum absolute atomic E-state index is 11.8. The van der Waals surface area contributed by atoms with Crippen LogP contribution in [0.5, 0.6) is 0 Å². The fourth-order valence-corrected chi connectivity index (χ4v) is 7.25. The second kappa shape index (κ2) is 8.81. The molecule has 2 unspecified atom stereocenters. The molecule has 1 saturated carbocycles. The molecule has 0 amide bonds. The Labute approximate surface area is 198 Å². The fraction of sp³-hybridized carbons (Fsp3) is 0.679. The van der Waals surface area contributed by atoms with E-state index in [-0.39, 0.29) is 17.8 Å². The fourth-order valence-electron chi connectivity index (χ4n) is 7.25. The number of aliphatic hydroxyl groups is 1. The topological polar surface area (TPSA) is 62.7 Å². The Morgan fingerprint density at radius 2 is 2.21 bits per heavy atom. The van der Waals surface area contributed by atoms with Crippen molar-refractivity contribution < 1.29 is 14.6 Å². The van der Waals surface area contributed by atoms with Crippen molar-refractivity contribution in [3.8, 4) is 0 Å². The van der Waals surface area contributed by atoms with Crippen molar-refractivity contribution in [2.24, 2.45) is 29.6 Å². The van der Waals surface area contributed by atoms with E-state index >= 15 is 0 Å². The number of ether oxygens (including phenoxy) is 1. The molecule has 1 N–H and O–H groups in total. The Balaban J connectivity index is 1.31. The van der Waals surface area contributed by atoms with Crippen molar-refractivity contribution in [3.63, 3.8) is 0 Å². The zero-order valence-electron chi connectivity index (χ0n) is 20.5. The van der Waals surface area contributed by atoms with Crippen molar-refractivity contribution in [2.45, 2.75) is 71.0 Å². The van der Waals surface area contributed by atoms with Crippen LogP contribution in [0.25, 0.3) is 0 Å². The summed E-state index contributed by atoms with van der Waals surface area (Å²) in [5, 5.41) is 11.8. The maximum Gasteiger partial charge on any atom is 0.303 e. The van der Waals surface area contributed by atoms with Gasteiger partial charge in [0.1, 0.15) is 6.10 Å². The second-order valence-electron chi connectivity index (χ2n) is 11.3. The van der Waals surface area contributed by atoms with Crippen LogP contribution in [0.4, 0.5) is 0 Å². The average molecular weight is 451 g/mol. The quantitative estimate of drug-likeness (QED) is 0.554. The number of carbonyl (C=O) groups is 1. The summed E-state index contributed by atoms with van der Waals surface area (Å²) >= 11 is 0. The van der Waals surface area contributed by atoms with Crippen molar-refractivity contribution in [1.29, 1.82) is 0 Å². The molecule has 1 aromatic heterocycles. The number of pyridine rings is 1. The minimum atomic E-state index is -1.04. The van der Waals surface area contributed by atoms with E-state index < -0.39 is 11.7 Å². The summed E-state index contributed by atoms with van der Waals surface area (Å²) in [6.07, 6.45) is 11.4. The smallest absolute Gasteiger partial charge is 0.303 e. The molecule has 2 fully saturated rings. The molecule has 8 atom stereocenters. The predicted octanol–water partition coefficient (Wildman–Crippen LogP) is 4.05. The van der Waals surface area contributed by atoms with Crippen LogP contribution in [-0.4, -0.2) is 52.3 Å². The lowest BCUT2D eigenvalue weighted by Crippen LogP contribution is -2.57. The first-order valence-corrected chi connectivity index (χ1v) is 12.8. The Hall–Kier alpha value is -1.72. The largest absolute Gasteiger partial charge is 0.457 e. The third-order valence-electron chi connectivity index (χ3n) is 8.87. The molecule has 3 aliphatic carbocycles. The lowest BCUT2D eigenvalue weighted by molar-refractivity contribution is -0.148. The summed E-state index contributed by atoms with van der Waals surface area (Å²) in [6.45, 7) is 11.2. The van der Waals surface area contributed by atoms with Crippen LogP contribution in [-0.2, 0) is 16.0 Å². The summed E-state index contributed by atoms with van der Waals surface area (Å²) < 4.78 is 5.46. The molecular weight excluding hydrogens is 412 g/mol. The van der Waals surface area contributed by atoms with E-state index in [1.54, 1.807) is 0 Å². The standard InChI is InChI=1S/C28H38N2O3/c1-17-10-25-24(8-7-19(3)28(25,32)13-26(17)33-20(4)31)18(2)14-30-15-21-11-22-6-5-9-29-27(22)23(12-21)16-30/h5-6,9-10,18-19,21,23-26,32H,7-8,11-12,14-16H2,1-4H3/t18-,19-,21?,23?,24+,25-,26-,28-/m1/s1. The van der Waals surface area contributed by atoms with Crippen molar-refractivity contribution in [1.82, 2.24) is 9.88 Å². The van der Waals surface area contributed by atoms with Gasteiger partial charge in [0.05, 0.1) is 12.0 Å². The Morgan fingerprint density at radius 3 is 3.00 bits per heavy atom. The van der Waals surface area contributed by atoms with Gasteiger partial charge in [-0.05, 0) is 73.5 Å². The maximum atomic E-state index is 11.8. The van der Waals surface area contributed by atoms with Crippen LogP contribution in [0.3, 0.4) is 0 Å². The van der Waals surface area contributed by atoms with Gasteiger partial charge in [0.2, 0.25) is 0 Å². The molecule has 33 heavy (non-hydrogen) atoms. The highest BCUT2D eigenvalue weighted by molar-refractivity contribution is 5.66. The highest BCUT2D eigenvalue weighted by Gasteiger charge is 2.53. The van der Waals surface area contributed by atoms with Crippen LogP contribution < -0.4 is 0 Å². The third-order valence-corrected chi connectivity index (χ3v) is 8.87. The van der Waals surface area contributed by atoms with Crippen molar-refractivity contribution in [3.05, 3.63) is 47.7 Å². The van der Waals surface area contributed by atoms with Gasteiger partial charge in [-0.2, -0.15) is 0 Å². The summed E-state index contributed by atoms with van der Waals surface area (Å²) in [6, 6.07) is 4.34. The van der Waals surface area contributed by atoms with Crippen LogP contribution in [0.2, 0.25) is 0 Å². The minimum absolute atomic E-state index is 0.0229. The first-order chi connectivity index (χ1) is 15.7. The van der Waals surface area contributed by atoms with Crippen molar-refractivity contribution in [2.75, 3.05) is 19.6 Å². The van der Waals surface area contributed by atoms with Crippen LogP contribution in [0.15, 0.2) is 30.0 Å². The van der Waals surface area contributed by atoms with E-state index in [4.69, 9.17) is 9.72 Å². The van der Waals surface area contributed by atoms with Gasteiger partial charge >= 0.3 is 5.97 Å². The van der Waals surface area contributed by atoms with Gasteiger partial charge in [-0.25, -0.2) is 0 Å². The predicted molar refractivity (Wildman–Crippen MR) is 127 cm³/mol. The lowest BCUT2D eigenvalue weighted by Gasteiger charge is -2.53.